The minimum Gasteiger partial charge on any atom is -0.480 e. The summed E-state index contributed by atoms with van der Waals surface area (Å²) in [5, 5.41) is 20.8. The molecular formula is C30H30I2N2O6S2. The number of rotatable bonds is 9. The van der Waals surface area contributed by atoms with Gasteiger partial charge in [0.1, 0.15) is 18.2 Å². The summed E-state index contributed by atoms with van der Waals surface area (Å²) in [5.74, 6) is 4.83. The van der Waals surface area contributed by atoms with Gasteiger partial charge in [0.05, 0.1) is 0 Å². The molecule has 222 valence electrons. The summed E-state index contributed by atoms with van der Waals surface area (Å²) in [6, 6.07) is 10.9. The average Bonchev–Trinajstić information content (AvgIpc) is 3.23. The monoisotopic (exact) mass is 832 g/mol. The van der Waals surface area contributed by atoms with Crippen LogP contribution in [-0.4, -0.2) is 48.1 Å². The predicted octanol–water partition coefficient (Wildman–Crippen LogP) is 7.46. The van der Waals surface area contributed by atoms with Crippen LogP contribution in [0.5, 0.6) is 0 Å². The van der Waals surface area contributed by atoms with Crippen molar-refractivity contribution in [3.05, 3.63) is 58.7 Å². The van der Waals surface area contributed by atoms with Gasteiger partial charge in [0.25, 0.3) is 0 Å². The standard InChI is InChI=1S/C30H30I2N2O6S2/c1-30(2,3)40-28(37)33-13-5-4-6-26(27(35)36)34-29(38)39-18-25-23-16-19(11-14-41-31)7-9-21(23)22-10-8-20(12-15-42-32)17-24(22)25/h7-10,16-17,25-26H,4-6,13,18H2,1-3H3,(H,33,37)(H,34,38)(H,35,36)/t26-/m0/s1. The number of amides is 2. The van der Waals surface area contributed by atoms with Crippen LogP contribution in [0, 0.1) is 22.3 Å². The molecule has 0 bridgehead atoms. The molecule has 2 amide bonds. The minimum absolute atomic E-state index is 0.0216. The Bertz CT molecular complexity index is 1370. The number of unbranched alkanes of at least 4 members (excludes halogenated alkanes) is 1. The maximum atomic E-state index is 12.7. The van der Waals surface area contributed by atoms with E-state index < -0.39 is 29.8 Å². The van der Waals surface area contributed by atoms with Crippen LogP contribution in [-0.2, 0) is 14.3 Å². The van der Waals surface area contributed by atoms with Gasteiger partial charge in [-0.05, 0) is 115 Å². The van der Waals surface area contributed by atoms with E-state index in [9.17, 15) is 19.5 Å². The number of carbonyl (C=O) groups is 3. The van der Waals surface area contributed by atoms with Crippen LogP contribution in [0.3, 0.4) is 0 Å². The third-order valence-corrected chi connectivity index (χ3v) is 7.85. The molecule has 2 aromatic rings. The van der Waals surface area contributed by atoms with E-state index in [1.165, 1.54) is 17.9 Å². The lowest BCUT2D eigenvalue weighted by molar-refractivity contribution is -0.139. The summed E-state index contributed by atoms with van der Waals surface area (Å²) >= 11 is 4.25. The van der Waals surface area contributed by atoms with Crippen molar-refractivity contribution in [2.45, 2.75) is 57.6 Å². The molecule has 0 unspecified atom stereocenters. The normalized spacial score (nSPS) is 12.4. The van der Waals surface area contributed by atoms with Gasteiger partial charge in [0, 0.05) is 66.0 Å². The molecular weight excluding hydrogens is 802 g/mol. The van der Waals surface area contributed by atoms with Gasteiger partial charge in [0.15, 0.2) is 0 Å². The molecule has 1 aliphatic rings. The molecule has 1 atom stereocenters. The molecule has 12 heteroatoms. The van der Waals surface area contributed by atoms with Crippen LogP contribution < -0.4 is 10.6 Å². The molecule has 0 aliphatic heterocycles. The Kier molecular flexibility index (Phi) is 13.5. The molecule has 0 fully saturated rings. The zero-order chi connectivity index (χ0) is 30.7. The van der Waals surface area contributed by atoms with E-state index in [0.29, 0.717) is 19.4 Å². The highest BCUT2D eigenvalue weighted by atomic mass is 127. The van der Waals surface area contributed by atoms with Gasteiger partial charge in [0.2, 0.25) is 0 Å². The van der Waals surface area contributed by atoms with Gasteiger partial charge in [-0.2, -0.15) is 0 Å². The Morgan fingerprint density at radius 3 is 2.02 bits per heavy atom. The number of benzene rings is 2. The number of halogens is 2. The van der Waals surface area contributed by atoms with E-state index in [0.717, 1.165) is 33.4 Å². The number of carboxylic acid groups (broad SMARTS) is 1. The number of alkyl carbamates (subject to hydrolysis) is 2. The maximum Gasteiger partial charge on any atom is 0.407 e. The van der Waals surface area contributed by atoms with Gasteiger partial charge in [-0.25, -0.2) is 14.4 Å². The average molecular weight is 833 g/mol. The zero-order valence-electron chi connectivity index (χ0n) is 23.2. The van der Waals surface area contributed by atoms with Gasteiger partial charge >= 0.3 is 18.2 Å². The molecule has 0 radical (unpaired) electrons. The van der Waals surface area contributed by atoms with Gasteiger partial charge in [-0.1, -0.05) is 24.0 Å². The molecule has 1 aliphatic carbocycles. The smallest absolute Gasteiger partial charge is 0.407 e. The lowest BCUT2D eigenvalue weighted by Crippen LogP contribution is -2.41. The van der Waals surface area contributed by atoms with Crippen LogP contribution in [0.1, 0.15) is 68.2 Å². The first-order chi connectivity index (χ1) is 20.0. The molecule has 8 nitrogen and oxygen atoms in total. The van der Waals surface area contributed by atoms with Crippen molar-refractivity contribution in [1.29, 1.82) is 0 Å². The highest BCUT2D eigenvalue weighted by Crippen LogP contribution is 2.45. The first kappa shape index (κ1) is 34.2. The quantitative estimate of drug-likeness (QED) is 0.136. The van der Waals surface area contributed by atoms with Crippen molar-refractivity contribution in [3.63, 3.8) is 0 Å². The van der Waals surface area contributed by atoms with E-state index in [1.54, 1.807) is 20.8 Å². The zero-order valence-corrected chi connectivity index (χ0v) is 29.2. The Morgan fingerprint density at radius 1 is 0.952 bits per heavy atom. The number of aliphatic carboxylic acids is 1. The van der Waals surface area contributed by atoms with Crippen LogP contribution in [0.4, 0.5) is 9.59 Å². The number of fused-ring (bicyclic) bond motifs is 3. The summed E-state index contributed by atoms with van der Waals surface area (Å²) in [6.45, 7) is 5.67. The Hall–Kier alpha value is -2.27. The van der Waals surface area contributed by atoms with Gasteiger partial charge < -0.3 is 25.2 Å². The van der Waals surface area contributed by atoms with Crippen LogP contribution in [0.2, 0.25) is 0 Å². The van der Waals surface area contributed by atoms with Crippen LogP contribution >= 0.6 is 60.3 Å². The number of carbonyl (C=O) groups excluding carboxylic acids is 2. The molecule has 3 rings (SSSR count). The molecule has 0 aromatic heterocycles. The summed E-state index contributed by atoms with van der Waals surface area (Å²) in [5.41, 5.74) is 5.17. The number of nitrogens with one attached hydrogen (secondary N) is 2. The van der Waals surface area contributed by atoms with Crippen molar-refractivity contribution in [2.75, 3.05) is 13.2 Å². The molecule has 3 N–H and O–H groups in total. The van der Waals surface area contributed by atoms with Crippen molar-refractivity contribution in [1.82, 2.24) is 10.6 Å². The van der Waals surface area contributed by atoms with Crippen molar-refractivity contribution >= 4 is 78.4 Å². The van der Waals surface area contributed by atoms with Gasteiger partial charge in [-0.15, -0.1) is 0 Å². The van der Waals surface area contributed by atoms with E-state index in [-0.39, 0.29) is 18.9 Å². The largest absolute Gasteiger partial charge is 0.480 e. The predicted molar refractivity (Wildman–Crippen MR) is 185 cm³/mol. The Labute approximate surface area is 278 Å². The fraction of sp³-hybridized carbons (Fsp3) is 0.367. The van der Waals surface area contributed by atoms with Crippen molar-refractivity contribution in [2.24, 2.45) is 0 Å². The van der Waals surface area contributed by atoms with E-state index >= 15 is 0 Å². The summed E-state index contributed by atoms with van der Waals surface area (Å²) in [7, 11) is 2.80. The minimum atomic E-state index is -1.16. The van der Waals surface area contributed by atoms with E-state index in [2.05, 4.69) is 75.4 Å². The topological polar surface area (TPSA) is 114 Å². The molecule has 42 heavy (non-hydrogen) atoms. The fourth-order valence-corrected chi connectivity index (χ4v) is 5.40. The Morgan fingerprint density at radius 2 is 1.52 bits per heavy atom. The SMILES string of the molecule is CC(C)(C)OC(=O)NCCCC[C@H](NC(=O)OCC1c2cc(C#CSI)ccc2-c2ccc(C#CSI)cc21)C(=O)O. The molecule has 0 heterocycles. The summed E-state index contributed by atoms with van der Waals surface area (Å²) < 4.78 is 10.8. The number of hydrogen-bond donors (Lipinski definition) is 3. The highest BCUT2D eigenvalue weighted by Gasteiger charge is 2.31. The first-order valence-electron chi connectivity index (χ1n) is 13.0. The lowest BCUT2D eigenvalue weighted by Gasteiger charge is -2.20. The lowest BCUT2D eigenvalue weighted by atomic mass is 9.96. The molecule has 0 saturated heterocycles. The number of ether oxygens (including phenoxy) is 2. The fourth-order valence-electron chi connectivity index (χ4n) is 4.43. The van der Waals surface area contributed by atoms with Crippen molar-refractivity contribution in [3.8, 4) is 33.5 Å². The molecule has 0 spiro atoms. The summed E-state index contributed by atoms with van der Waals surface area (Å²) in [4.78, 5) is 36.3. The third kappa shape index (κ3) is 10.5. The molecule has 0 saturated carbocycles. The van der Waals surface area contributed by atoms with Gasteiger partial charge in [-0.3, -0.25) is 0 Å². The highest BCUT2D eigenvalue weighted by molar-refractivity contribution is 14.2. The second kappa shape index (κ2) is 16.5. The first-order valence-corrected chi connectivity index (χ1v) is 19.7. The number of hydrogen-bond acceptors (Lipinski definition) is 7. The Balaban J connectivity index is 1.65. The molecule has 2 aromatic carbocycles. The van der Waals surface area contributed by atoms with E-state index in [1.807, 2.05) is 36.4 Å². The number of carboxylic acids is 1. The van der Waals surface area contributed by atoms with Crippen molar-refractivity contribution < 1.29 is 29.0 Å². The van der Waals surface area contributed by atoms with Crippen LogP contribution in [0.15, 0.2) is 36.4 Å². The van der Waals surface area contributed by atoms with Crippen LogP contribution in [0.25, 0.3) is 11.1 Å². The summed E-state index contributed by atoms with van der Waals surface area (Å²) in [6.07, 6.45) is -0.157. The third-order valence-electron chi connectivity index (χ3n) is 6.17. The maximum absolute atomic E-state index is 12.7. The van der Waals surface area contributed by atoms with E-state index in [4.69, 9.17) is 9.47 Å². The second-order valence-electron chi connectivity index (χ2n) is 10.3. The second-order valence-corrected chi connectivity index (χ2v) is 13.7.